The Bertz CT molecular complexity index is 968. The highest BCUT2D eigenvalue weighted by Gasteiger charge is 2.60. The lowest BCUT2D eigenvalue weighted by atomic mass is 9.79. The molecule has 35 heavy (non-hydrogen) atoms. The van der Waals surface area contributed by atoms with Crippen molar-refractivity contribution in [3.05, 3.63) is 10.6 Å². The van der Waals surface area contributed by atoms with Crippen LogP contribution in [-0.4, -0.2) is 118 Å². The number of hydrogen-bond acceptors (Lipinski definition) is 7. The first kappa shape index (κ1) is 25.9. The van der Waals surface area contributed by atoms with Crippen molar-refractivity contribution in [2.75, 3.05) is 40.3 Å². The second kappa shape index (κ2) is 9.38. The molecule has 0 aromatic rings. The average Bonchev–Trinajstić information content (AvgIpc) is 3.46. The molecular weight excluding hydrogens is 474 g/mol. The Morgan fingerprint density at radius 3 is 2.60 bits per heavy atom. The van der Waals surface area contributed by atoms with Gasteiger partial charge in [-0.15, -0.1) is 11.8 Å². The summed E-state index contributed by atoms with van der Waals surface area (Å²) < 4.78 is 0.448. The molecule has 194 valence electrons. The molecule has 0 aromatic carbocycles. The Morgan fingerprint density at radius 1 is 1.31 bits per heavy atom. The predicted octanol–water partition coefficient (Wildman–Crippen LogP) is -1.23. The third-order valence-corrected chi connectivity index (χ3v) is 9.53. The van der Waals surface area contributed by atoms with Gasteiger partial charge in [-0.05, 0) is 13.3 Å². The van der Waals surface area contributed by atoms with Crippen molar-refractivity contribution < 1.29 is 33.9 Å². The Balaban J connectivity index is 1.39. The van der Waals surface area contributed by atoms with Crippen LogP contribution in [0.15, 0.2) is 10.6 Å². The minimum atomic E-state index is -1.14. The lowest BCUT2D eigenvalue weighted by Crippen LogP contribution is -2.63. The van der Waals surface area contributed by atoms with Gasteiger partial charge in [0.25, 0.3) is 5.91 Å². The van der Waals surface area contributed by atoms with Gasteiger partial charge >= 0.3 is 5.97 Å². The number of aliphatic carboxylic acids is 1. The fourth-order valence-electron chi connectivity index (χ4n) is 6.10. The molecule has 0 radical (unpaired) electrons. The van der Waals surface area contributed by atoms with E-state index in [1.165, 1.54) is 16.7 Å². The molecular formula is C23H36N5O6S+. The largest absolute Gasteiger partial charge is 0.477 e. The summed E-state index contributed by atoms with van der Waals surface area (Å²) in [5.74, 6) is -2.60. The Morgan fingerprint density at radius 2 is 2.00 bits per heavy atom. The summed E-state index contributed by atoms with van der Waals surface area (Å²) in [5, 5.41) is 23.1. The summed E-state index contributed by atoms with van der Waals surface area (Å²) in [6.45, 7) is 5.45. The lowest BCUT2D eigenvalue weighted by molar-refractivity contribution is -0.905. The zero-order valence-electron chi connectivity index (χ0n) is 20.6. The number of aliphatic hydroxyl groups excluding tert-OH is 1. The van der Waals surface area contributed by atoms with Gasteiger partial charge in [-0.3, -0.25) is 14.4 Å². The number of aliphatic hydroxyl groups is 1. The van der Waals surface area contributed by atoms with Crippen LogP contribution in [0.2, 0.25) is 0 Å². The fraction of sp³-hybridized carbons (Fsp3) is 0.739. The summed E-state index contributed by atoms with van der Waals surface area (Å²) in [6.07, 6.45) is 0.529. The molecule has 0 spiro atoms. The van der Waals surface area contributed by atoms with Gasteiger partial charge in [-0.2, -0.15) is 0 Å². The number of thioether (sulfide) groups is 1. The van der Waals surface area contributed by atoms with E-state index in [9.17, 15) is 29.4 Å². The first-order valence-electron chi connectivity index (χ1n) is 12.1. The monoisotopic (exact) mass is 510 g/mol. The second-order valence-corrected chi connectivity index (χ2v) is 12.2. The van der Waals surface area contributed by atoms with Crippen LogP contribution in [0.5, 0.6) is 0 Å². The number of nitrogens with two attached hydrogens (primary N) is 1. The maximum Gasteiger partial charge on any atom is 0.353 e. The van der Waals surface area contributed by atoms with Gasteiger partial charge in [0.1, 0.15) is 11.7 Å². The van der Waals surface area contributed by atoms with Crippen LogP contribution in [0.3, 0.4) is 0 Å². The van der Waals surface area contributed by atoms with Crippen LogP contribution in [-0.2, 0) is 19.2 Å². The first-order chi connectivity index (χ1) is 16.3. The fourth-order valence-corrected chi connectivity index (χ4v) is 7.58. The van der Waals surface area contributed by atoms with E-state index < -0.39 is 18.0 Å². The number of nitrogens with one attached hydrogen (secondary N) is 1. The molecule has 0 unspecified atom stereocenters. The number of hydrogen-bond donors (Lipinski definition) is 4. The Hall–Kier alpha value is -2.15. The molecule has 4 rings (SSSR count). The molecule has 7 atom stereocenters. The number of carboxylic acid groups (broad SMARTS) is 1. The van der Waals surface area contributed by atoms with Gasteiger partial charge in [-0.25, -0.2) is 4.79 Å². The number of likely N-dealkylation sites (tertiary alicyclic amines) is 1. The molecule has 3 saturated heterocycles. The smallest absolute Gasteiger partial charge is 0.353 e. The quantitative estimate of drug-likeness (QED) is 0.234. The summed E-state index contributed by atoms with van der Waals surface area (Å²) in [6, 6.07) is -0.552. The summed E-state index contributed by atoms with van der Waals surface area (Å²) in [7, 11) is 3.91. The van der Waals surface area contributed by atoms with Gasteiger partial charge in [-0.1, -0.05) is 6.92 Å². The molecule has 11 nitrogen and oxygen atoms in total. The molecule has 12 heteroatoms. The molecule has 0 saturated carbocycles. The molecule has 0 aliphatic carbocycles. The maximum absolute atomic E-state index is 13.2. The molecule has 0 aromatic heterocycles. The number of amides is 3. The highest BCUT2D eigenvalue weighted by atomic mass is 32.2. The van der Waals surface area contributed by atoms with Gasteiger partial charge in [0.05, 0.1) is 44.7 Å². The molecule has 4 aliphatic rings. The van der Waals surface area contributed by atoms with Gasteiger partial charge in [0.15, 0.2) is 6.54 Å². The molecule has 5 N–H and O–H groups in total. The SMILES string of the molecule is C[C@@H](O)[C@H]1C(=O)N2C(C(=O)O)=C(S[C@@H]3CN[C@H](C(=O)N4CC[C@H]([N+](C)(C)CC(N)=O)C4)C3)[C@H](C)[C@H]12. The third kappa shape index (κ3) is 4.56. The molecule has 0 bridgehead atoms. The Labute approximate surface area is 209 Å². The van der Waals surface area contributed by atoms with Crippen molar-refractivity contribution in [3.63, 3.8) is 0 Å². The van der Waals surface area contributed by atoms with Crippen LogP contribution in [0.1, 0.15) is 26.7 Å². The normalized spacial score (nSPS) is 33.7. The summed E-state index contributed by atoms with van der Waals surface area (Å²) in [5.41, 5.74) is 5.40. The van der Waals surface area contributed by atoms with Crippen LogP contribution in [0.4, 0.5) is 0 Å². The topological polar surface area (TPSA) is 153 Å². The molecule has 3 amide bonds. The minimum absolute atomic E-state index is 0.00460. The molecule has 4 aliphatic heterocycles. The van der Waals surface area contributed by atoms with Crippen molar-refractivity contribution in [1.82, 2.24) is 15.1 Å². The van der Waals surface area contributed by atoms with E-state index >= 15 is 0 Å². The zero-order chi connectivity index (χ0) is 25.8. The van der Waals surface area contributed by atoms with Crippen molar-refractivity contribution in [2.45, 2.75) is 56.2 Å². The number of nitrogens with zero attached hydrogens (tertiary/aromatic N) is 3. The number of likely N-dealkylation sites (N-methyl/N-ethyl adjacent to an activating group) is 1. The first-order valence-corrected chi connectivity index (χ1v) is 13.0. The number of carbonyl (C=O) groups is 4. The number of carboxylic acids is 1. The molecule has 3 fully saturated rings. The van der Waals surface area contributed by atoms with Crippen LogP contribution < -0.4 is 11.1 Å². The summed E-state index contributed by atoms with van der Waals surface area (Å²) >= 11 is 1.43. The maximum atomic E-state index is 13.2. The summed E-state index contributed by atoms with van der Waals surface area (Å²) in [4.78, 5) is 53.0. The number of fused-ring (bicyclic) bond motifs is 1. The van der Waals surface area contributed by atoms with Crippen molar-refractivity contribution in [2.24, 2.45) is 17.6 Å². The zero-order valence-corrected chi connectivity index (χ0v) is 21.5. The van der Waals surface area contributed by atoms with E-state index in [1.54, 1.807) is 6.92 Å². The van der Waals surface area contributed by atoms with Crippen LogP contribution in [0, 0.1) is 11.8 Å². The minimum Gasteiger partial charge on any atom is -0.477 e. The van der Waals surface area contributed by atoms with Crippen molar-refractivity contribution >= 4 is 35.5 Å². The van der Waals surface area contributed by atoms with E-state index in [0.717, 1.165) is 6.42 Å². The number of rotatable bonds is 8. The Kier molecular flexibility index (Phi) is 6.95. The number of quaternary nitrogens is 1. The highest BCUT2D eigenvalue weighted by Crippen LogP contribution is 2.51. The van der Waals surface area contributed by atoms with E-state index in [1.807, 2.05) is 25.9 Å². The van der Waals surface area contributed by atoms with E-state index in [-0.39, 0.29) is 59.3 Å². The average molecular weight is 511 g/mol. The van der Waals surface area contributed by atoms with Crippen LogP contribution >= 0.6 is 11.8 Å². The third-order valence-electron chi connectivity index (χ3n) is 8.02. The van der Waals surface area contributed by atoms with E-state index in [2.05, 4.69) is 5.32 Å². The van der Waals surface area contributed by atoms with Gasteiger partial charge in [0, 0.05) is 35.6 Å². The van der Waals surface area contributed by atoms with Crippen molar-refractivity contribution in [1.29, 1.82) is 0 Å². The van der Waals surface area contributed by atoms with E-state index in [0.29, 0.717) is 35.4 Å². The van der Waals surface area contributed by atoms with Crippen molar-refractivity contribution in [3.8, 4) is 0 Å². The molecule has 4 heterocycles. The second-order valence-electron chi connectivity index (χ2n) is 10.8. The van der Waals surface area contributed by atoms with Gasteiger partial charge < -0.3 is 35.5 Å². The predicted molar refractivity (Wildman–Crippen MR) is 129 cm³/mol. The number of primary amides is 1. The van der Waals surface area contributed by atoms with Crippen LogP contribution in [0.25, 0.3) is 0 Å². The standard InChI is InChI=1S/C23H35N5O6S/c1-11-18-17(12(2)29)22(32)27(18)19(23(33)34)20(11)35-14-7-15(25-8-14)21(31)26-6-5-13(9-26)28(3,4)10-16(24)30/h11-15,17-18,25,29H,5-10H2,1-4H3,(H2-,24,30,33,34)/p+1/t11-,12-,13+,14+,15+,17-,18-/m1/s1. The van der Waals surface area contributed by atoms with E-state index in [4.69, 9.17) is 5.73 Å². The van der Waals surface area contributed by atoms with Gasteiger partial charge in [0.2, 0.25) is 11.8 Å². The lowest BCUT2D eigenvalue weighted by Gasteiger charge is -2.46. The highest BCUT2D eigenvalue weighted by molar-refractivity contribution is 8.03. The number of carbonyl (C=O) groups excluding carboxylic acids is 3. The number of β-lactam (4-membered cyclic amide) rings is 1.